The Morgan fingerprint density at radius 1 is 1.30 bits per heavy atom. The molecule has 0 spiro atoms. The van der Waals surface area contributed by atoms with E-state index in [0.29, 0.717) is 5.92 Å². The van der Waals surface area contributed by atoms with Gasteiger partial charge in [0.25, 0.3) is 0 Å². The van der Waals surface area contributed by atoms with Gasteiger partial charge < -0.3 is 10.6 Å². The molecule has 0 unspecified atom stereocenters. The molecule has 3 rings (SSSR count). The molecule has 4 nitrogen and oxygen atoms in total. The molecule has 1 aliphatic carbocycles. The number of rotatable bonds is 6. The third kappa shape index (κ3) is 4.55. The maximum atomic E-state index is 12.2. The van der Waals surface area contributed by atoms with E-state index < -0.39 is 0 Å². The predicted molar refractivity (Wildman–Crippen MR) is 92.8 cm³/mol. The second-order valence-electron chi connectivity index (χ2n) is 7.23. The molecule has 0 bridgehead atoms. The molecule has 1 saturated heterocycles. The molecule has 1 saturated carbocycles. The van der Waals surface area contributed by atoms with E-state index in [1.807, 2.05) is 4.90 Å². The topological polar surface area (TPSA) is 49.6 Å². The van der Waals surface area contributed by atoms with E-state index in [2.05, 4.69) is 35.2 Å². The molecule has 2 aliphatic rings. The highest BCUT2D eigenvalue weighted by molar-refractivity contribution is 5.81. The van der Waals surface area contributed by atoms with E-state index in [1.54, 1.807) is 6.92 Å². The van der Waals surface area contributed by atoms with Crippen LogP contribution in [0.15, 0.2) is 30.3 Å². The van der Waals surface area contributed by atoms with Gasteiger partial charge in [-0.1, -0.05) is 30.3 Å². The quantitative estimate of drug-likeness (QED) is 0.876. The van der Waals surface area contributed by atoms with Crippen LogP contribution in [0.1, 0.15) is 38.2 Å². The van der Waals surface area contributed by atoms with Gasteiger partial charge in [-0.3, -0.25) is 9.69 Å². The first-order chi connectivity index (χ1) is 11.1. The number of likely N-dealkylation sites (tertiary alicyclic amines) is 1. The van der Waals surface area contributed by atoms with Crippen LogP contribution in [-0.4, -0.2) is 47.4 Å². The molecule has 1 amide bonds. The Kier molecular flexibility index (Phi) is 5.34. The zero-order chi connectivity index (χ0) is 16.2. The van der Waals surface area contributed by atoms with E-state index in [-0.39, 0.29) is 11.9 Å². The molecule has 2 atom stereocenters. The smallest absolute Gasteiger partial charge is 0.239 e. The maximum absolute atomic E-state index is 12.2. The van der Waals surface area contributed by atoms with Crippen molar-refractivity contribution in [2.45, 2.75) is 51.2 Å². The summed E-state index contributed by atoms with van der Waals surface area (Å²) >= 11 is 0. The summed E-state index contributed by atoms with van der Waals surface area (Å²) in [6.07, 6.45) is 4.97. The van der Waals surface area contributed by atoms with Crippen molar-refractivity contribution in [2.75, 3.05) is 19.6 Å². The number of hydrogen-bond donors (Lipinski definition) is 1. The van der Waals surface area contributed by atoms with Gasteiger partial charge in [-0.2, -0.15) is 0 Å². The molecule has 1 aromatic rings. The lowest BCUT2D eigenvalue weighted by molar-refractivity contribution is -0.134. The van der Waals surface area contributed by atoms with Gasteiger partial charge in [-0.05, 0) is 44.1 Å². The molecule has 0 aromatic heterocycles. The van der Waals surface area contributed by atoms with Crippen LogP contribution in [0.3, 0.4) is 0 Å². The third-order valence-corrected chi connectivity index (χ3v) is 5.00. The van der Waals surface area contributed by atoms with Gasteiger partial charge in [-0.25, -0.2) is 0 Å². The van der Waals surface area contributed by atoms with Gasteiger partial charge in [0, 0.05) is 32.2 Å². The van der Waals surface area contributed by atoms with Gasteiger partial charge in [0.2, 0.25) is 5.91 Å². The lowest BCUT2D eigenvalue weighted by atomic mass is 9.96. The molecular weight excluding hydrogens is 286 g/mol. The van der Waals surface area contributed by atoms with Crippen molar-refractivity contribution in [1.82, 2.24) is 9.80 Å². The molecule has 1 aliphatic heterocycles. The molecule has 2 fully saturated rings. The highest BCUT2D eigenvalue weighted by Gasteiger charge is 2.32. The van der Waals surface area contributed by atoms with E-state index in [0.717, 1.165) is 38.6 Å². The molecular formula is C19H29N3O. The van der Waals surface area contributed by atoms with Crippen LogP contribution in [0.25, 0.3) is 0 Å². The first-order valence-corrected chi connectivity index (χ1v) is 8.96. The minimum atomic E-state index is -0.377. The first-order valence-electron chi connectivity index (χ1n) is 8.96. The zero-order valence-electron chi connectivity index (χ0n) is 14.2. The van der Waals surface area contributed by atoms with Crippen LogP contribution in [0.4, 0.5) is 0 Å². The summed E-state index contributed by atoms with van der Waals surface area (Å²) in [6, 6.07) is 11.1. The minimum Gasteiger partial charge on any atom is -0.341 e. The second-order valence-corrected chi connectivity index (χ2v) is 7.23. The Morgan fingerprint density at radius 2 is 2.04 bits per heavy atom. The van der Waals surface area contributed by atoms with Crippen LogP contribution < -0.4 is 5.73 Å². The van der Waals surface area contributed by atoms with Crippen LogP contribution in [0.5, 0.6) is 0 Å². The number of nitrogens with zero attached hydrogens (tertiary/aromatic N) is 2. The lowest BCUT2D eigenvalue weighted by Gasteiger charge is -2.36. The van der Waals surface area contributed by atoms with Crippen LogP contribution >= 0.6 is 0 Å². The zero-order valence-corrected chi connectivity index (χ0v) is 14.2. The van der Waals surface area contributed by atoms with Gasteiger partial charge in [0.05, 0.1) is 6.04 Å². The summed E-state index contributed by atoms with van der Waals surface area (Å²) in [6.45, 7) is 5.67. The number of benzene rings is 1. The van der Waals surface area contributed by atoms with E-state index in [9.17, 15) is 4.79 Å². The Hall–Kier alpha value is -1.39. The number of hydrogen-bond acceptors (Lipinski definition) is 3. The van der Waals surface area contributed by atoms with Crippen LogP contribution in [-0.2, 0) is 11.3 Å². The number of piperidine rings is 1. The van der Waals surface area contributed by atoms with Crippen LogP contribution in [0, 0.1) is 5.92 Å². The molecule has 23 heavy (non-hydrogen) atoms. The monoisotopic (exact) mass is 315 g/mol. The second kappa shape index (κ2) is 7.45. The van der Waals surface area contributed by atoms with E-state index in [4.69, 9.17) is 5.73 Å². The standard InChI is InChI=1S/C19H29N3O/c1-15(20)19(23)21-11-5-8-17(13-21)14-22(18-9-10-18)12-16-6-3-2-4-7-16/h2-4,6-7,15,17-18H,5,8-14,20H2,1H3/t15-,17-/m0/s1. The Labute approximate surface area is 139 Å². The number of nitrogens with two attached hydrogens (primary N) is 1. The Morgan fingerprint density at radius 3 is 2.70 bits per heavy atom. The fourth-order valence-electron chi connectivity index (χ4n) is 3.63. The average molecular weight is 315 g/mol. The lowest BCUT2D eigenvalue weighted by Crippen LogP contribution is -2.48. The molecule has 126 valence electrons. The number of carbonyl (C=O) groups excluding carboxylic acids is 1. The summed E-state index contributed by atoms with van der Waals surface area (Å²) in [5.41, 5.74) is 7.16. The summed E-state index contributed by atoms with van der Waals surface area (Å²) < 4.78 is 0. The maximum Gasteiger partial charge on any atom is 0.239 e. The summed E-state index contributed by atoms with van der Waals surface area (Å²) in [4.78, 5) is 16.8. The molecule has 2 N–H and O–H groups in total. The van der Waals surface area contributed by atoms with Crippen molar-refractivity contribution in [3.8, 4) is 0 Å². The molecule has 1 heterocycles. The highest BCUT2D eigenvalue weighted by Crippen LogP contribution is 2.30. The number of amides is 1. The van der Waals surface area contributed by atoms with E-state index in [1.165, 1.54) is 24.8 Å². The van der Waals surface area contributed by atoms with Crippen molar-refractivity contribution >= 4 is 5.91 Å². The van der Waals surface area contributed by atoms with E-state index >= 15 is 0 Å². The average Bonchev–Trinajstić information content (AvgIpc) is 3.39. The molecule has 4 heteroatoms. The fourth-order valence-corrected chi connectivity index (χ4v) is 3.63. The minimum absolute atomic E-state index is 0.107. The van der Waals surface area contributed by atoms with Gasteiger partial charge >= 0.3 is 0 Å². The fraction of sp³-hybridized carbons (Fsp3) is 0.632. The van der Waals surface area contributed by atoms with Crippen molar-refractivity contribution in [3.05, 3.63) is 35.9 Å². The van der Waals surface area contributed by atoms with Gasteiger partial charge in [0.1, 0.15) is 0 Å². The van der Waals surface area contributed by atoms with Crippen molar-refractivity contribution in [2.24, 2.45) is 11.7 Å². The normalized spacial score (nSPS) is 23.1. The predicted octanol–water partition coefficient (Wildman–Crippen LogP) is 2.24. The van der Waals surface area contributed by atoms with Gasteiger partial charge in [0.15, 0.2) is 0 Å². The Bertz CT molecular complexity index is 513. The molecule has 0 radical (unpaired) electrons. The van der Waals surface area contributed by atoms with Crippen molar-refractivity contribution in [3.63, 3.8) is 0 Å². The van der Waals surface area contributed by atoms with Gasteiger partial charge in [-0.15, -0.1) is 0 Å². The van der Waals surface area contributed by atoms with Crippen LogP contribution in [0.2, 0.25) is 0 Å². The van der Waals surface area contributed by atoms with Crippen molar-refractivity contribution in [1.29, 1.82) is 0 Å². The summed E-state index contributed by atoms with van der Waals surface area (Å²) in [5.74, 6) is 0.687. The first kappa shape index (κ1) is 16.5. The summed E-state index contributed by atoms with van der Waals surface area (Å²) in [5, 5.41) is 0. The largest absolute Gasteiger partial charge is 0.341 e. The number of carbonyl (C=O) groups is 1. The SMILES string of the molecule is C[C@H](N)C(=O)N1CCC[C@H](CN(Cc2ccccc2)C2CC2)C1. The Balaban J connectivity index is 1.58. The third-order valence-electron chi connectivity index (χ3n) is 5.00. The van der Waals surface area contributed by atoms with Crippen molar-refractivity contribution < 1.29 is 4.79 Å². The molecule has 1 aromatic carbocycles. The highest BCUT2D eigenvalue weighted by atomic mass is 16.2. The summed E-state index contributed by atoms with van der Waals surface area (Å²) in [7, 11) is 0.